The Morgan fingerprint density at radius 2 is 2.29 bits per heavy atom. The normalized spacial score (nSPS) is 16.6. The summed E-state index contributed by atoms with van der Waals surface area (Å²) < 4.78 is 17.9. The molecule has 0 spiro atoms. The maximum atomic E-state index is 12.7. The Hall–Kier alpha value is -2.17. The molecule has 0 aromatic carbocycles. The number of aliphatic hydroxyl groups excluding tert-OH is 1. The Morgan fingerprint density at radius 1 is 1.58 bits per heavy atom. The number of amides is 1. The average molecular weight is 337 g/mol. The van der Waals surface area contributed by atoms with Crippen LogP contribution in [-0.4, -0.2) is 52.4 Å². The lowest BCUT2D eigenvalue weighted by Gasteiger charge is -2.24. The third-order valence-corrected chi connectivity index (χ3v) is 2.95. The molecule has 24 heavy (non-hydrogen) atoms. The highest BCUT2D eigenvalue weighted by atomic mass is 19.1. The van der Waals surface area contributed by atoms with Crippen molar-refractivity contribution in [1.82, 2.24) is 9.88 Å². The van der Waals surface area contributed by atoms with Gasteiger partial charge in [0, 0.05) is 25.3 Å². The van der Waals surface area contributed by atoms with Crippen molar-refractivity contribution in [2.75, 3.05) is 19.7 Å². The van der Waals surface area contributed by atoms with Crippen LogP contribution in [0, 0.1) is 17.7 Å². The molecule has 1 amide bonds. The molecule has 7 heteroatoms. The highest BCUT2D eigenvalue weighted by Gasteiger charge is 2.27. The number of hydrogen-bond acceptors (Lipinski definition) is 5. The molecular formula is C17H24FN3O3. The van der Waals surface area contributed by atoms with Gasteiger partial charge < -0.3 is 20.5 Å². The Kier molecular flexibility index (Phi) is 7.62. The van der Waals surface area contributed by atoms with Crippen LogP contribution in [0.15, 0.2) is 18.5 Å². The zero-order valence-corrected chi connectivity index (χ0v) is 14.3. The van der Waals surface area contributed by atoms with Gasteiger partial charge in [0.15, 0.2) is 5.82 Å². The van der Waals surface area contributed by atoms with Gasteiger partial charge in [-0.15, -0.1) is 0 Å². The van der Waals surface area contributed by atoms with Crippen molar-refractivity contribution in [3.63, 3.8) is 0 Å². The second-order valence-corrected chi connectivity index (χ2v) is 6.29. The number of aliphatic hydroxyl groups is 1. The highest BCUT2D eigenvalue weighted by molar-refractivity contribution is 5.68. The molecule has 1 aliphatic rings. The number of nitrogens with zero attached hydrogens (tertiary/aromatic N) is 2. The predicted octanol–water partition coefficient (Wildman–Crippen LogP) is 1.52. The zero-order chi connectivity index (χ0) is 18.2. The molecule has 132 valence electrons. The monoisotopic (exact) mass is 337 g/mol. The summed E-state index contributed by atoms with van der Waals surface area (Å²) in [4.78, 5) is 16.7. The quantitative estimate of drug-likeness (QED) is 0.701. The van der Waals surface area contributed by atoms with Gasteiger partial charge >= 0.3 is 6.09 Å². The van der Waals surface area contributed by atoms with Crippen molar-refractivity contribution in [1.29, 1.82) is 0 Å². The number of pyridine rings is 1. The molecule has 0 bridgehead atoms. The fourth-order valence-electron chi connectivity index (χ4n) is 1.89. The lowest BCUT2D eigenvalue weighted by Crippen LogP contribution is -2.36. The van der Waals surface area contributed by atoms with Gasteiger partial charge in [-0.1, -0.05) is 11.8 Å². The largest absolute Gasteiger partial charge is 0.444 e. The molecule has 2 rings (SSSR count). The second kappa shape index (κ2) is 9.21. The third-order valence-electron chi connectivity index (χ3n) is 2.95. The van der Waals surface area contributed by atoms with Crippen molar-refractivity contribution < 1.29 is 19.0 Å². The molecule has 6 nitrogen and oxygen atoms in total. The number of ether oxygens (including phenoxy) is 1. The Bertz CT molecular complexity index is 605. The van der Waals surface area contributed by atoms with E-state index in [0.717, 1.165) is 19.2 Å². The van der Waals surface area contributed by atoms with E-state index in [9.17, 15) is 9.18 Å². The minimum absolute atomic E-state index is 0.118. The molecule has 1 aliphatic heterocycles. The van der Waals surface area contributed by atoms with E-state index in [-0.39, 0.29) is 24.3 Å². The molecule has 1 aromatic rings. The summed E-state index contributed by atoms with van der Waals surface area (Å²) in [5.74, 6) is 4.33. The first-order chi connectivity index (χ1) is 11.2. The summed E-state index contributed by atoms with van der Waals surface area (Å²) in [6, 6.07) is 1.57. The Labute approximate surface area is 141 Å². The van der Waals surface area contributed by atoms with Gasteiger partial charge in [-0.2, -0.15) is 0 Å². The van der Waals surface area contributed by atoms with Gasteiger partial charge in [-0.25, -0.2) is 9.18 Å². The van der Waals surface area contributed by atoms with Crippen LogP contribution in [-0.2, 0) is 4.74 Å². The Morgan fingerprint density at radius 3 is 2.79 bits per heavy atom. The summed E-state index contributed by atoms with van der Waals surface area (Å²) >= 11 is 0. The van der Waals surface area contributed by atoms with Crippen LogP contribution in [0.3, 0.4) is 0 Å². The molecule has 2 heterocycles. The third kappa shape index (κ3) is 7.40. The molecule has 0 aliphatic carbocycles. The van der Waals surface area contributed by atoms with E-state index in [2.05, 4.69) is 16.8 Å². The van der Waals surface area contributed by atoms with E-state index in [0.29, 0.717) is 6.54 Å². The van der Waals surface area contributed by atoms with Crippen molar-refractivity contribution >= 4 is 6.09 Å². The second-order valence-electron chi connectivity index (χ2n) is 6.29. The first-order valence-corrected chi connectivity index (χ1v) is 7.65. The first kappa shape index (κ1) is 19.9. The van der Waals surface area contributed by atoms with Gasteiger partial charge in [0.1, 0.15) is 12.2 Å². The maximum absolute atomic E-state index is 12.7. The molecule has 3 N–H and O–H groups in total. The van der Waals surface area contributed by atoms with Gasteiger partial charge in [0.2, 0.25) is 0 Å². The molecule has 1 atom stereocenters. The van der Waals surface area contributed by atoms with Crippen molar-refractivity contribution in [2.24, 2.45) is 5.73 Å². The van der Waals surface area contributed by atoms with Crippen LogP contribution in [0.2, 0.25) is 0 Å². The number of halogens is 1. The average Bonchev–Trinajstić information content (AvgIpc) is 2.92. The number of carbonyl (C=O) groups excluding carboxylic acids is 1. The van der Waals surface area contributed by atoms with Crippen molar-refractivity contribution in [2.45, 2.75) is 38.8 Å². The SMILES string of the molecule is CC(C)(C)OC(=O)N1CC[C@@H](N)C1.OCC#Cc1ccncc1F. The fourth-order valence-corrected chi connectivity index (χ4v) is 1.89. The van der Waals surface area contributed by atoms with Gasteiger partial charge in [0.25, 0.3) is 0 Å². The van der Waals surface area contributed by atoms with Crippen LogP contribution < -0.4 is 5.73 Å². The van der Waals surface area contributed by atoms with E-state index >= 15 is 0 Å². The highest BCUT2D eigenvalue weighted by Crippen LogP contribution is 2.13. The lowest BCUT2D eigenvalue weighted by molar-refractivity contribution is 0.0292. The zero-order valence-electron chi connectivity index (χ0n) is 14.3. The molecule has 0 saturated carbocycles. The summed E-state index contributed by atoms with van der Waals surface area (Å²) in [6.07, 6.45) is 3.16. The smallest absolute Gasteiger partial charge is 0.410 e. The minimum Gasteiger partial charge on any atom is -0.444 e. The van der Waals surface area contributed by atoms with Crippen LogP contribution in [0.25, 0.3) is 0 Å². The van der Waals surface area contributed by atoms with Crippen LogP contribution in [0.5, 0.6) is 0 Å². The molecule has 1 fully saturated rings. The summed E-state index contributed by atoms with van der Waals surface area (Å²) in [5, 5.41) is 8.31. The predicted molar refractivity (Wildman–Crippen MR) is 88.6 cm³/mol. The van der Waals surface area contributed by atoms with Crippen LogP contribution in [0.1, 0.15) is 32.8 Å². The van der Waals surface area contributed by atoms with E-state index in [4.69, 9.17) is 15.6 Å². The summed E-state index contributed by atoms with van der Waals surface area (Å²) in [7, 11) is 0. The number of carbonyl (C=O) groups is 1. The van der Waals surface area contributed by atoms with E-state index in [1.807, 2.05) is 20.8 Å². The van der Waals surface area contributed by atoms with Gasteiger partial charge in [0.05, 0.1) is 11.8 Å². The van der Waals surface area contributed by atoms with E-state index in [1.54, 1.807) is 4.90 Å². The molecule has 0 radical (unpaired) electrons. The minimum atomic E-state index is -0.464. The summed E-state index contributed by atoms with van der Waals surface area (Å²) in [5.41, 5.74) is 5.52. The standard InChI is InChI=1S/C9H18N2O2.C8H6FNO/c1-9(2,3)13-8(12)11-5-4-7(10)6-11;9-8-6-10-4-3-7(8)2-1-5-11/h7H,4-6,10H2,1-3H3;3-4,6,11H,5H2/t7-;/m1./s1. The number of likely N-dealkylation sites (tertiary alicyclic amines) is 1. The van der Waals surface area contributed by atoms with Gasteiger partial charge in [-0.05, 0) is 33.3 Å². The molecule has 1 aromatic heterocycles. The van der Waals surface area contributed by atoms with Crippen molar-refractivity contribution in [3.05, 3.63) is 29.8 Å². The van der Waals surface area contributed by atoms with Gasteiger partial charge in [-0.3, -0.25) is 4.98 Å². The molecule has 1 saturated heterocycles. The Balaban J connectivity index is 0.000000243. The van der Waals surface area contributed by atoms with Crippen LogP contribution in [0.4, 0.5) is 9.18 Å². The van der Waals surface area contributed by atoms with E-state index < -0.39 is 11.4 Å². The first-order valence-electron chi connectivity index (χ1n) is 7.65. The van der Waals surface area contributed by atoms with Crippen LogP contribution >= 0.6 is 0 Å². The summed E-state index contributed by atoms with van der Waals surface area (Å²) in [6.45, 7) is 6.66. The number of aromatic nitrogens is 1. The van der Waals surface area contributed by atoms with Crippen molar-refractivity contribution in [3.8, 4) is 11.8 Å². The number of nitrogens with two attached hydrogens (primary N) is 1. The maximum Gasteiger partial charge on any atom is 0.410 e. The number of rotatable bonds is 0. The fraction of sp³-hybridized carbons (Fsp3) is 0.529. The number of hydrogen-bond donors (Lipinski definition) is 2. The molecule has 0 unspecified atom stereocenters. The topological polar surface area (TPSA) is 88.7 Å². The molecular weight excluding hydrogens is 313 g/mol. The lowest BCUT2D eigenvalue weighted by atomic mass is 10.2. The van der Waals surface area contributed by atoms with E-state index in [1.165, 1.54) is 12.3 Å².